The maximum absolute atomic E-state index is 13.7. The number of methoxy groups -OCH3 is 1. The van der Waals surface area contributed by atoms with Crippen LogP contribution in [0.4, 0.5) is 10.1 Å². The predicted octanol–water partition coefficient (Wildman–Crippen LogP) is 2.12. The van der Waals surface area contributed by atoms with Gasteiger partial charge in [0.2, 0.25) is 0 Å². The number of rotatable bonds is 4. The van der Waals surface area contributed by atoms with E-state index in [1.165, 1.54) is 25.3 Å². The van der Waals surface area contributed by atoms with Gasteiger partial charge in [-0.05, 0) is 43.7 Å². The van der Waals surface area contributed by atoms with Gasteiger partial charge >= 0.3 is 5.97 Å². The number of carbonyl (C=O) groups is 2. The van der Waals surface area contributed by atoms with Crippen molar-refractivity contribution in [2.45, 2.75) is 25.7 Å². The molecule has 120 valence electrons. The molecular weight excluding hydrogens is 287 g/mol. The molecule has 0 unspecified atom stereocenters. The van der Waals surface area contributed by atoms with Gasteiger partial charge in [-0.3, -0.25) is 9.59 Å². The fraction of sp³-hybridized carbons (Fsp3) is 0.500. The van der Waals surface area contributed by atoms with E-state index in [1.54, 1.807) is 0 Å². The molecular formula is C16H21FN2O3. The molecule has 0 saturated heterocycles. The summed E-state index contributed by atoms with van der Waals surface area (Å²) in [7, 11) is 1.40. The molecule has 1 aliphatic carbocycles. The number of nitrogens with two attached hydrogens (primary N) is 1. The average Bonchev–Trinajstić information content (AvgIpc) is 2.52. The van der Waals surface area contributed by atoms with Crippen LogP contribution in [0, 0.1) is 17.7 Å². The standard InChI is InChI=1S/C16H21FN2O3/c1-22-16(21)11-7-5-10(6-8-11)9-19-15(20)14-12(17)3-2-4-13(14)18/h2-4,10-11H,5-9,18H2,1H3,(H,19,20)/t10-,11-. The number of hydrogen-bond donors (Lipinski definition) is 2. The smallest absolute Gasteiger partial charge is 0.308 e. The third-order valence-corrected chi connectivity index (χ3v) is 4.21. The highest BCUT2D eigenvalue weighted by molar-refractivity contribution is 5.99. The number of amides is 1. The molecule has 0 aliphatic heterocycles. The van der Waals surface area contributed by atoms with E-state index < -0.39 is 11.7 Å². The fourth-order valence-corrected chi connectivity index (χ4v) is 2.87. The molecule has 1 saturated carbocycles. The minimum absolute atomic E-state index is 0.0424. The van der Waals surface area contributed by atoms with Crippen LogP contribution in [-0.2, 0) is 9.53 Å². The van der Waals surface area contributed by atoms with Crippen LogP contribution < -0.4 is 11.1 Å². The zero-order chi connectivity index (χ0) is 16.1. The van der Waals surface area contributed by atoms with Gasteiger partial charge in [0.05, 0.1) is 18.6 Å². The van der Waals surface area contributed by atoms with E-state index in [4.69, 9.17) is 10.5 Å². The SMILES string of the molecule is COC(=O)[C@H]1CC[C@H](CNC(=O)c2c(N)cccc2F)CC1. The largest absolute Gasteiger partial charge is 0.469 e. The summed E-state index contributed by atoms with van der Waals surface area (Å²) in [4.78, 5) is 23.5. The maximum atomic E-state index is 13.7. The topological polar surface area (TPSA) is 81.4 Å². The van der Waals surface area contributed by atoms with Crippen LogP contribution in [-0.4, -0.2) is 25.5 Å². The van der Waals surface area contributed by atoms with Crippen molar-refractivity contribution >= 4 is 17.6 Å². The summed E-state index contributed by atoms with van der Waals surface area (Å²) in [6.07, 6.45) is 3.20. The third kappa shape index (κ3) is 3.75. The fourth-order valence-electron chi connectivity index (χ4n) is 2.87. The van der Waals surface area contributed by atoms with E-state index in [0.717, 1.165) is 25.7 Å². The van der Waals surface area contributed by atoms with Crippen LogP contribution in [0.1, 0.15) is 36.0 Å². The van der Waals surface area contributed by atoms with E-state index >= 15 is 0 Å². The summed E-state index contributed by atoms with van der Waals surface area (Å²) in [6, 6.07) is 4.18. The van der Waals surface area contributed by atoms with Crippen molar-refractivity contribution in [2.75, 3.05) is 19.4 Å². The normalized spacial score (nSPS) is 21.2. The first kappa shape index (κ1) is 16.3. The average molecular weight is 308 g/mol. The quantitative estimate of drug-likeness (QED) is 0.659. The number of nitrogen functional groups attached to an aromatic ring is 1. The van der Waals surface area contributed by atoms with Gasteiger partial charge in [-0.15, -0.1) is 0 Å². The Bertz CT molecular complexity index is 534. The van der Waals surface area contributed by atoms with Crippen molar-refractivity contribution in [2.24, 2.45) is 11.8 Å². The van der Waals surface area contributed by atoms with Crippen molar-refractivity contribution in [3.63, 3.8) is 0 Å². The lowest BCUT2D eigenvalue weighted by Crippen LogP contribution is -2.33. The summed E-state index contributed by atoms with van der Waals surface area (Å²) in [6.45, 7) is 0.459. The number of esters is 1. The highest BCUT2D eigenvalue weighted by Gasteiger charge is 2.27. The van der Waals surface area contributed by atoms with Crippen molar-refractivity contribution in [3.05, 3.63) is 29.6 Å². The van der Waals surface area contributed by atoms with Gasteiger partial charge in [0, 0.05) is 12.2 Å². The Hall–Kier alpha value is -2.11. The Kier molecular flexibility index (Phi) is 5.35. The lowest BCUT2D eigenvalue weighted by atomic mass is 9.82. The Labute approximate surface area is 129 Å². The molecule has 1 aromatic carbocycles. The molecule has 1 amide bonds. The Morgan fingerprint density at radius 3 is 2.59 bits per heavy atom. The number of ether oxygens (including phenoxy) is 1. The number of benzene rings is 1. The van der Waals surface area contributed by atoms with Gasteiger partial charge in [-0.1, -0.05) is 6.07 Å². The molecule has 0 heterocycles. The minimum atomic E-state index is -0.619. The molecule has 1 aliphatic rings. The molecule has 1 fully saturated rings. The second kappa shape index (κ2) is 7.24. The molecule has 1 aromatic rings. The lowest BCUT2D eigenvalue weighted by Gasteiger charge is -2.27. The van der Waals surface area contributed by atoms with Crippen LogP contribution in [0.3, 0.4) is 0 Å². The Morgan fingerprint density at radius 1 is 1.32 bits per heavy atom. The van der Waals surface area contributed by atoms with Crippen LogP contribution in [0.15, 0.2) is 18.2 Å². The van der Waals surface area contributed by atoms with Crippen LogP contribution in [0.25, 0.3) is 0 Å². The second-order valence-electron chi connectivity index (χ2n) is 5.65. The molecule has 22 heavy (non-hydrogen) atoms. The van der Waals surface area contributed by atoms with E-state index in [0.29, 0.717) is 6.54 Å². The summed E-state index contributed by atoms with van der Waals surface area (Å²) >= 11 is 0. The number of hydrogen-bond acceptors (Lipinski definition) is 4. The second-order valence-corrected chi connectivity index (χ2v) is 5.65. The van der Waals surface area contributed by atoms with E-state index in [1.807, 2.05) is 0 Å². The molecule has 3 N–H and O–H groups in total. The number of nitrogens with one attached hydrogen (secondary N) is 1. The van der Waals surface area contributed by atoms with Crippen LogP contribution >= 0.6 is 0 Å². The minimum Gasteiger partial charge on any atom is -0.469 e. The first-order chi connectivity index (χ1) is 10.5. The maximum Gasteiger partial charge on any atom is 0.308 e. The summed E-state index contributed by atoms with van der Waals surface area (Å²) in [5, 5.41) is 2.73. The molecule has 5 nitrogen and oxygen atoms in total. The lowest BCUT2D eigenvalue weighted by molar-refractivity contribution is -0.146. The predicted molar refractivity (Wildman–Crippen MR) is 80.6 cm³/mol. The van der Waals surface area contributed by atoms with Crippen LogP contribution in [0.2, 0.25) is 0 Å². The monoisotopic (exact) mass is 308 g/mol. The molecule has 0 bridgehead atoms. The number of halogens is 1. The highest BCUT2D eigenvalue weighted by Crippen LogP contribution is 2.29. The molecule has 0 radical (unpaired) electrons. The molecule has 2 rings (SSSR count). The first-order valence-electron chi connectivity index (χ1n) is 7.43. The van der Waals surface area contributed by atoms with Gasteiger partial charge in [0.1, 0.15) is 5.82 Å². The highest BCUT2D eigenvalue weighted by atomic mass is 19.1. The van der Waals surface area contributed by atoms with Crippen molar-refractivity contribution in [3.8, 4) is 0 Å². The summed E-state index contributed by atoms with van der Waals surface area (Å²) < 4.78 is 18.4. The zero-order valence-electron chi connectivity index (χ0n) is 12.6. The Balaban J connectivity index is 1.84. The van der Waals surface area contributed by atoms with Gasteiger partial charge < -0.3 is 15.8 Å². The zero-order valence-corrected chi connectivity index (χ0v) is 12.6. The van der Waals surface area contributed by atoms with Crippen molar-refractivity contribution in [1.82, 2.24) is 5.32 Å². The van der Waals surface area contributed by atoms with Crippen molar-refractivity contribution in [1.29, 1.82) is 0 Å². The van der Waals surface area contributed by atoms with E-state index in [9.17, 15) is 14.0 Å². The van der Waals surface area contributed by atoms with Gasteiger partial charge in [0.25, 0.3) is 5.91 Å². The van der Waals surface area contributed by atoms with E-state index in [2.05, 4.69) is 5.32 Å². The van der Waals surface area contributed by atoms with Gasteiger partial charge in [0.15, 0.2) is 0 Å². The first-order valence-corrected chi connectivity index (χ1v) is 7.43. The summed E-state index contributed by atoms with van der Waals surface area (Å²) in [5.74, 6) is -1.03. The van der Waals surface area contributed by atoms with Gasteiger partial charge in [-0.25, -0.2) is 4.39 Å². The van der Waals surface area contributed by atoms with Crippen molar-refractivity contribution < 1.29 is 18.7 Å². The van der Waals surface area contributed by atoms with Gasteiger partial charge in [-0.2, -0.15) is 0 Å². The third-order valence-electron chi connectivity index (χ3n) is 4.21. The number of carbonyl (C=O) groups excluding carboxylic acids is 2. The molecule has 6 heteroatoms. The molecule has 0 spiro atoms. The molecule has 0 aromatic heterocycles. The Morgan fingerprint density at radius 2 is 2.00 bits per heavy atom. The molecule has 0 atom stereocenters. The van der Waals surface area contributed by atoms with E-state index in [-0.39, 0.29) is 29.1 Å². The summed E-state index contributed by atoms with van der Waals surface area (Å²) in [5.41, 5.74) is 5.67. The van der Waals surface area contributed by atoms with Crippen LogP contribution in [0.5, 0.6) is 0 Å². The number of anilines is 1.